The molecular formula is C9H13FN2O. The number of aromatic nitrogens is 1. The summed E-state index contributed by atoms with van der Waals surface area (Å²) in [5.41, 5.74) is 0.765. The SMILES string of the molecule is CC(CO)NCc1ccc(F)cn1. The van der Waals surface area contributed by atoms with Gasteiger partial charge in [-0.2, -0.15) is 0 Å². The predicted molar refractivity (Wildman–Crippen MR) is 47.6 cm³/mol. The summed E-state index contributed by atoms with van der Waals surface area (Å²) in [6.07, 6.45) is 1.18. The van der Waals surface area contributed by atoms with Crippen LogP contribution in [0.15, 0.2) is 18.3 Å². The summed E-state index contributed by atoms with van der Waals surface area (Å²) in [4.78, 5) is 3.87. The van der Waals surface area contributed by atoms with Crippen molar-refractivity contribution in [2.24, 2.45) is 0 Å². The predicted octanol–water partition coefficient (Wildman–Crippen LogP) is 0.691. The van der Waals surface area contributed by atoms with Gasteiger partial charge in [0.2, 0.25) is 0 Å². The molecule has 1 rings (SSSR count). The molecule has 1 heterocycles. The van der Waals surface area contributed by atoms with Crippen LogP contribution >= 0.6 is 0 Å². The Morgan fingerprint density at radius 3 is 2.92 bits per heavy atom. The number of nitrogens with zero attached hydrogens (tertiary/aromatic N) is 1. The van der Waals surface area contributed by atoms with Crippen molar-refractivity contribution in [2.45, 2.75) is 19.5 Å². The van der Waals surface area contributed by atoms with Crippen molar-refractivity contribution in [3.8, 4) is 0 Å². The van der Waals surface area contributed by atoms with Crippen LogP contribution in [0.2, 0.25) is 0 Å². The van der Waals surface area contributed by atoms with E-state index in [0.29, 0.717) is 6.54 Å². The molecule has 1 aromatic rings. The van der Waals surface area contributed by atoms with Crippen LogP contribution in [0.5, 0.6) is 0 Å². The highest BCUT2D eigenvalue weighted by Gasteiger charge is 1.99. The van der Waals surface area contributed by atoms with E-state index in [0.717, 1.165) is 5.69 Å². The van der Waals surface area contributed by atoms with Gasteiger partial charge in [0, 0.05) is 12.6 Å². The maximum absolute atomic E-state index is 12.4. The molecule has 0 aromatic carbocycles. The molecule has 0 saturated heterocycles. The number of rotatable bonds is 4. The van der Waals surface area contributed by atoms with Crippen molar-refractivity contribution in [1.29, 1.82) is 0 Å². The Hall–Kier alpha value is -1.00. The van der Waals surface area contributed by atoms with Gasteiger partial charge in [0.05, 0.1) is 18.5 Å². The Bertz CT molecular complexity index is 250. The van der Waals surface area contributed by atoms with Crippen LogP contribution < -0.4 is 5.32 Å². The standard InChI is InChI=1S/C9H13FN2O/c1-7(6-13)11-5-9-3-2-8(10)4-12-9/h2-4,7,11,13H,5-6H2,1H3. The monoisotopic (exact) mass is 184 g/mol. The van der Waals surface area contributed by atoms with Gasteiger partial charge in [-0.05, 0) is 19.1 Å². The van der Waals surface area contributed by atoms with Gasteiger partial charge in [-0.1, -0.05) is 0 Å². The van der Waals surface area contributed by atoms with Gasteiger partial charge in [0.25, 0.3) is 0 Å². The minimum Gasteiger partial charge on any atom is -0.395 e. The van der Waals surface area contributed by atoms with E-state index in [4.69, 9.17) is 5.11 Å². The van der Waals surface area contributed by atoms with Crippen molar-refractivity contribution in [3.63, 3.8) is 0 Å². The van der Waals surface area contributed by atoms with Gasteiger partial charge in [0.15, 0.2) is 0 Å². The molecule has 1 aromatic heterocycles. The summed E-state index contributed by atoms with van der Waals surface area (Å²) in [7, 11) is 0. The minimum atomic E-state index is -0.334. The van der Waals surface area contributed by atoms with E-state index in [2.05, 4.69) is 10.3 Å². The highest BCUT2D eigenvalue weighted by Crippen LogP contribution is 1.97. The molecule has 0 aliphatic heterocycles. The lowest BCUT2D eigenvalue weighted by Crippen LogP contribution is -2.28. The first-order valence-electron chi connectivity index (χ1n) is 4.17. The Balaban J connectivity index is 2.41. The summed E-state index contributed by atoms with van der Waals surface area (Å²) < 4.78 is 12.4. The molecule has 0 aliphatic rings. The summed E-state index contributed by atoms with van der Waals surface area (Å²) in [5, 5.41) is 11.7. The minimum absolute atomic E-state index is 0.0341. The molecular weight excluding hydrogens is 171 g/mol. The fourth-order valence-electron chi connectivity index (χ4n) is 0.854. The average molecular weight is 184 g/mol. The normalized spacial score (nSPS) is 12.8. The molecule has 0 spiro atoms. The van der Waals surface area contributed by atoms with Gasteiger partial charge in [-0.3, -0.25) is 4.98 Å². The van der Waals surface area contributed by atoms with Crippen molar-refractivity contribution < 1.29 is 9.50 Å². The molecule has 3 nitrogen and oxygen atoms in total. The first kappa shape index (κ1) is 10.1. The third-order valence-electron chi connectivity index (χ3n) is 1.69. The zero-order chi connectivity index (χ0) is 9.68. The molecule has 72 valence electrons. The molecule has 13 heavy (non-hydrogen) atoms. The van der Waals surface area contributed by atoms with Gasteiger partial charge in [-0.25, -0.2) is 4.39 Å². The van der Waals surface area contributed by atoms with E-state index in [1.165, 1.54) is 12.3 Å². The average Bonchev–Trinajstić information content (AvgIpc) is 2.16. The van der Waals surface area contributed by atoms with Gasteiger partial charge in [-0.15, -0.1) is 0 Å². The van der Waals surface area contributed by atoms with Crippen LogP contribution in [0.3, 0.4) is 0 Å². The molecule has 0 saturated carbocycles. The van der Waals surface area contributed by atoms with Crippen LogP contribution in [0.25, 0.3) is 0 Å². The lowest BCUT2D eigenvalue weighted by Gasteiger charge is -2.09. The van der Waals surface area contributed by atoms with Crippen molar-refractivity contribution in [3.05, 3.63) is 29.8 Å². The first-order valence-corrected chi connectivity index (χ1v) is 4.17. The summed E-state index contributed by atoms with van der Waals surface area (Å²) in [5.74, 6) is -0.334. The molecule has 0 bridgehead atoms. The van der Waals surface area contributed by atoms with E-state index in [9.17, 15) is 4.39 Å². The van der Waals surface area contributed by atoms with Crippen LogP contribution in [-0.4, -0.2) is 22.7 Å². The van der Waals surface area contributed by atoms with E-state index in [1.54, 1.807) is 6.07 Å². The second kappa shape index (κ2) is 4.89. The van der Waals surface area contributed by atoms with Crippen molar-refractivity contribution in [2.75, 3.05) is 6.61 Å². The highest BCUT2D eigenvalue weighted by atomic mass is 19.1. The third kappa shape index (κ3) is 3.48. The number of aliphatic hydroxyl groups is 1. The highest BCUT2D eigenvalue weighted by molar-refractivity contribution is 5.04. The second-order valence-electron chi connectivity index (χ2n) is 2.93. The van der Waals surface area contributed by atoms with Gasteiger partial charge in [0.1, 0.15) is 5.82 Å². The summed E-state index contributed by atoms with van der Waals surface area (Å²) in [6.45, 7) is 2.49. The van der Waals surface area contributed by atoms with Crippen LogP contribution in [0.4, 0.5) is 4.39 Å². The molecule has 2 N–H and O–H groups in total. The molecule has 1 atom stereocenters. The fraction of sp³-hybridized carbons (Fsp3) is 0.444. The smallest absolute Gasteiger partial charge is 0.141 e. The maximum atomic E-state index is 12.4. The quantitative estimate of drug-likeness (QED) is 0.723. The van der Waals surface area contributed by atoms with E-state index in [1.807, 2.05) is 6.92 Å². The number of nitrogens with one attached hydrogen (secondary N) is 1. The largest absolute Gasteiger partial charge is 0.395 e. The molecule has 0 radical (unpaired) electrons. The van der Waals surface area contributed by atoms with Crippen LogP contribution in [0.1, 0.15) is 12.6 Å². The van der Waals surface area contributed by atoms with Crippen LogP contribution in [-0.2, 0) is 6.54 Å². The second-order valence-corrected chi connectivity index (χ2v) is 2.93. The van der Waals surface area contributed by atoms with E-state index < -0.39 is 0 Å². The first-order chi connectivity index (χ1) is 6.22. The Kier molecular flexibility index (Phi) is 3.79. The number of aliphatic hydroxyl groups excluding tert-OH is 1. The van der Waals surface area contributed by atoms with Crippen molar-refractivity contribution in [1.82, 2.24) is 10.3 Å². The van der Waals surface area contributed by atoms with Crippen LogP contribution in [0, 0.1) is 5.82 Å². The van der Waals surface area contributed by atoms with Gasteiger partial charge >= 0.3 is 0 Å². The Morgan fingerprint density at radius 2 is 2.38 bits per heavy atom. The number of halogens is 1. The number of pyridine rings is 1. The third-order valence-corrected chi connectivity index (χ3v) is 1.69. The Labute approximate surface area is 76.6 Å². The van der Waals surface area contributed by atoms with Crippen molar-refractivity contribution >= 4 is 0 Å². The zero-order valence-corrected chi connectivity index (χ0v) is 7.50. The lowest BCUT2D eigenvalue weighted by molar-refractivity contribution is 0.250. The van der Waals surface area contributed by atoms with Gasteiger partial charge < -0.3 is 10.4 Å². The Morgan fingerprint density at radius 1 is 1.62 bits per heavy atom. The molecule has 4 heteroatoms. The molecule has 0 fully saturated rings. The molecule has 0 aliphatic carbocycles. The zero-order valence-electron chi connectivity index (χ0n) is 7.50. The lowest BCUT2D eigenvalue weighted by atomic mass is 10.3. The van der Waals surface area contributed by atoms with E-state index >= 15 is 0 Å². The number of hydrogen-bond acceptors (Lipinski definition) is 3. The molecule has 0 amide bonds. The maximum Gasteiger partial charge on any atom is 0.141 e. The van der Waals surface area contributed by atoms with E-state index in [-0.39, 0.29) is 18.5 Å². The summed E-state index contributed by atoms with van der Waals surface area (Å²) in [6, 6.07) is 3.02. The topological polar surface area (TPSA) is 45.1 Å². The fourth-order valence-corrected chi connectivity index (χ4v) is 0.854. The number of hydrogen-bond donors (Lipinski definition) is 2. The molecule has 1 unspecified atom stereocenters. The summed E-state index contributed by atoms with van der Waals surface area (Å²) >= 11 is 0.